The summed E-state index contributed by atoms with van der Waals surface area (Å²) in [6.45, 7) is 0. The summed E-state index contributed by atoms with van der Waals surface area (Å²) in [4.78, 5) is 31.4. The predicted molar refractivity (Wildman–Crippen MR) is 451 cm³/mol. The van der Waals surface area contributed by atoms with Gasteiger partial charge in [-0.25, -0.2) is 29.9 Å². The molecule has 528 valence electrons. The average molecular weight is 1440 g/mol. The van der Waals surface area contributed by atoms with Crippen LogP contribution >= 0.6 is 0 Å². The van der Waals surface area contributed by atoms with E-state index in [1.165, 1.54) is 21.9 Å². The highest BCUT2D eigenvalue weighted by atomic mass is 16.5. The lowest BCUT2D eigenvalue weighted by molar-refractivity contribution is 0.224. The molecule has 4 unspecified atom stereocenters. The molecule has 0 amide bonds. The SMILES string of the molecule is C1=CC2c3c(cccc3-c3nc(-c4cccc(-c5ccccc5)c4)nc(-c4cccc(-c5ccccc5)c4)n3)OC2c2c1n(-c1ccccc1)c1ccccc21.C1=CC2c3c(cccc3-c3nc(-c4ccccc4)nc(-c4cc(-c5ccccc5)cc(-c5ccccc5)c4)n3)OC2c2c1n(-c1ccccc1)c1ccccc21. The van der Waals surface area contributed by atoms with Gasteiger partial charge in [-0.2, -0.15) is 0 Å². The topological polar surface area (TPSA) is 106 Å². The molecule has 6 heterocycles. The molecule has 0 saturated heterocycles. The first-order valence-electron chi connectivity index (χ1n) is 38.0. The van der Waals surface area contributed by atoms with Gasteiger partial charge in [0.1, 0.15) is 23.7 Å². The van der Waals surface area contributed by atoms with Crippen molar-refractivity contribution < 1.29 is 9.47 Å². The second kappa shape index (κ2) is 27.8. The highest BCUT2D eigenvalue weighted by molar-refractivity contribution is 5.94. The molecule has 0 saturated carbocycles. The summed E-state index contributed by atoms with van der Waals surface area (Å²) in [6.07, 6.45) is 8.74. The standard InChI is InChI=1S/2C51H34N4O/c1-5-16-33(17-6-1)36-30-37(34-18-7-2-8-19-34)32-38(31-36)50-52-49(35-20-9-3-10-21-35)53-51(54-50)42-25-15-27-45-46(42)41-28-29-44-47(48(41)56-45)40-24-13-14-26-43(40)55(44)39-22-11-4-12-23-39;1-4-15-33(16-5-1)35-19-12-21-37(31-35)49-52-50(38-22-13-20-36(32-38)34-17-6-2-7-18-34)54-51(53-49)42-26-14-28-45-46(42)41-29-30-44-47(48(41)56-45)40-25-10-11-27-43(40)55(44)39-23-8-3-9-24-39/h2*1-32,41,48H. The van der Waals surface area contributed by atoms with Gasteiger partial charge in [-0.3, -0.25) is 0 Å². The number of para-hydroxylation sites is 4. The Labute approximate surface area is 648 Å². The number of hydrogen-bond donors (Lipinski definition) is 0. The van der Waals surface area contributed by atoms with E-state index in [1.807, 2.05) is 42.5 Å². The molecule has 10 nitrogen and oxygen atoms in total. The smallest absolute Gasteiger partial charge is 0.164 e. The molecule has 10 heteroatoms. The van der Waals surface area contributed by atoms with Crippen molar-refractivity contribution in [2.75, 3.05) is 0 Å². The molecule has 14 aromatic carbocycles. The highest BCUT2D eigenvalue weighted by Crippen LogP contribution is 2.57. The molecule has 22 rings (SSSR count). The Morgan fingerprint density at radius 3 is 0.929 bits per heavy atom. The minimum atomic E-state index is -0.202. The Kier molecular flexibility index (Phi) is 16.3. The molecule has 2 aliphatic heterocycles. The third-order valence-corrected chi connectivity index (χ3v) is 22.0. The van der Waals surface area contributed by atoms with Gasteiger partial charge in [0.2, 0.25) is 0 Å². The van der Waals surface area contributed by atoms with Crippen molar-refractivity contribution in [1.82, 2.24) is 39.0 Å². The van der Waals surface area contributed by atoms with E-state index >= 15 is 0 Å². The molecular weight excluding hydrogens is 1370 g/mol. The summed E-state index contributed by atoms with van der Waals surface area (Å²) < 4.78 is 18.7. The molecule has 18 aromatic rings. The quantitative estimate of drug-likeness (QED) is 0.119. The van der Waals surface area contributed by atoms with Crippen molar-refractivity contribution in [3.05, 3.63) is 410 Å². The first-order valence-corrected chi connectivity index (χ1v) is 38.0. The van der Waals surface area contributed by atoms with Crippen LogP contribution in [0.4, 0.5) is 0 Å². The predicted octanol–water partition coefficient (Wildman–Crippen LogP) is 24.8. The van der Waals surface area contributed by atoms with Gasteiger partial charge < -0.3 is 18.6 Å². The maximum absolute atomic E-state index is 6.98. The van der Waals surface area contributed by atoms with Gasteiger partial charge in [-0.05, 0) is 136 Å². The zero-order chi connectivity index (χ0) is 74.0. The van der Waals surface area contributed by atoms with Crippen LogP contribution in [0.15, 0.2) is 376 Å². The lowest BCUT2D eigenvalue weighted by Crippen LogP contribution is -2.14. The van der Waals surface area contributed by atoms with Gasteiger partial charge in [-0.1, -0.05) is 297 Å². The Bertz CT molecular complexity index is 6350. The van der Waals surface area contributed by atoms with Gasteiger partial charge in [0.15, 0.2) is 34.9 Å². The molecule has 2 aliphatic carbocycles. The van der Waals surface area contributed by atoms with Gasteiger partial charge in [-0.15, -0.1) is 0 Å². The average Bonchev–Trinajstić information content (AvgIpc) is 1.56. The number of nitrogens with zero attached hydrogens (tertiary/aromatic N) is 8. The molecule has 0 spiro atoms. The van der Waals surface area contributed by atoms with Crippen LogP contribution in [0.5, 0.6) is 11.5 Å². The maximum Gasteiger partial charge on any atom is 0.164 e. The Morgan fingerprint density at radius 1 is 0.223 bits per heavy atom. The van der Waals surface area contributed by atoms with E-state index in [-0.39, 0.29) is 24.0 Å². The summed E-state index contributed by atoms with van der Waals surface area (Å²) in [5.74, 6) is 5.35. The molecule has 0 radical (unpaired) electrons. The third kappa shape index (κ3) is 11.7. The zero-order valence-electron chi connectivity index (χ0n) is 60.7. The fraction of sp³-hybridized carbons (Fsp3) is 0.0392. The van der Waals surface area contributed by atoms with Gasteiger partial charge in [0.25, 0.3) is 0 Å². The zero-order valence-corrected chi connectivity index (χ0v) is 60.7. The van der Waals surface area contributed by atoms with Crippen LogP contribution in [0.25, 0.3) is 158 Å². The van der Waals surface area contributed by atoms with E-state index in [0.717, 1.165) is 134 Å². The molecule has 4 aromatic heterocycles. The van der Waals surface area contributed by atoms with Gasteiger partial charge in [0.05, 0.1) is 22.4 Å². The van der Waals surface area contributed by atoms with Gasteiger partial charge >= 0.3 is 0 Å². The van der Waals surface area contributed by atoms with Gasteiger partial charge in [0, 0.05) is 89.6 Å². The van der Waals surface area contributed by atoms with E-state index in [4.69, 9.17) is 39.4 Å². The van der Waals surface area contributed by atoms with Crippen molar-refractivity contribution >= 4 is 34.0 Å². The summed E-state index contributed by atoms with van der Waals surface area (Å²) in [5, 5.41) is 2.39. The molecular formula is C102H68N8O2. The first kappa shape index (κ1) is 65.5. The Morgan fingerprint density at radius 2 is 0.518 bits per heavy atom. The summed E-state index contributed by atoms with van der Waals surface area (Å²) in [7, 11) is 0. The Balaban J connectivity index is 0.000000141. The van der Waals surface area contributed by atoms with Crippen LogP contribution in [0.2, 0.25) is 0 Å². The number of aromatic nitrogens is 8. The lowest BCUT2D eigenvalue weighted by atomic mass is 9.83. The fourth-order valence-electron chi connectivity index (χ4n) is 16.9. The minimum Gasteiger partial charge on any atom is -0.484 e. The molecule has 112 heavy (non-hydrogen) atoms. The summed E-state index contributed by atoms with van der Waals surface area (Å²) in [5.41, 5.74) is 26.0. The second-order valence-corrected chi connectivity index (χ2v) is 28.7. The Hall–Kier alpha value is -14.7. The second-order valence-electron chi connectivity index (χ2n) is 28.7. The molecule has 0 fully saturated rings. The normalized spacial score (nSPS) is 15.2. The third-order valence-electron chi connectivity index (χ3n) is 22.0. The van der Waals surface area contributed by atoms with E-state index in [1.54, 1.807) is 0 Å². The van der Waals surface area contributed by atoms with Crippen LogP contribution in [-0.2, 0) is 0 Å². The van der Waals surface area contributed by atoms with Crippen LogP contribution in [0, 0.1) is 0 Å². The van der Waals surface area contributed by atoms with Crippen LogP contribution in [0.3, 0.4) is 0 Å². The number of benzene rings is 14. The minimum absolute atomic E-state index is 0.0322. The van der Waals surface area contributed by atoms with E-state index < -0.39 is 0 Å². The number of fused-ring (bicyclic) bond motifs is 14. The van der Waals surface area contributed by atoms with E-state index in [9.17, 15) is 0 Å². The molecule has 0 N–H and O–H groups in total. The molecule has 4 atom stereocenters. The summed E-state index contributed by atoms with van der Waals surface area (Å²) in [6, 6.07) is 126. The van der Waals surface area contributed by atoms with Crippen LogP contribution in [-0.4, -0.2) is 39.0 Å². The number of hydrogen-bond acceptors (Lipinski definition) is 8. The summed E-state index contributed by atoms with van der Waals surface area (Å²) >= 11 is 0. The van der Waals surface area contributed by atoms with Crippen molar-refractivity contribution in [2.24, 2.45) is 0 Å². The number of rotatable bonds is 12. The molecule has 0 bridgehead atoms. The largest absolute Gasteiger partial charge is 0.484 e. The van der Waals surface area contributed by atoms with E-state index in [2.05, 4.69) is 355 Å². The van der Waals surface area contributed by atoms with Crippen LogP contribution < -0.4 is 9.47 Å². The maximum atomic E-state index is 6.98. The van der Waals surface area contributed by atoms with Crippen molar-refractivity contribution in [1.29, 1.82) is 0 Å². The molecule has 4 aliphatic rings. The number of ether oxygens (including phenoxy) is 2. The first-order chi connectivity index (χ1) is 55.5. The monoisotopic (exact) mass is 1440 g/mol. The van der Waals surface area contributed by atoms with Crippen molar-refractivity contribution in [3.8, 4) is 136 Å². The van der Waals surface area contributed by atoms with Crippen LogP contribution in [0.1, 0.15) is 57.7 Å². The van der Waals surface area contributed by atoms with Crippen molar-refractivity contribution in [2.45, 2.75) is 24.0 Å². The fourth-order valence-corrected chi connectivity index (χ4v) is 16.9. The lowest BCUT2D eigenvalue weighted by Gasteiger charge is -2.22. The highest BCUT2D eigenvalue weighted by Gasteiger charge is 2.44. The van der Waals surface area contributed by atoms with E-state index in [0.29, 0.717) is 34.9 Å². The van der Waals surface area contributed by atoms with Crippen molar-refractivity contribution in [3.63, 3.8) is 0 Å².